The van der Waals surface area contributed by atoms with Gasteiger partial charge in [0.15, 0.2) is 0 Å². The third-order valence-corrected chi connectivity index (χ3v) is 5.36. The number of anilines is 1. The fraction of sp³-hybridized carbons (Fsp3) is 0.0417. The Morgan fingerprint density at radius 3 is 2.28 bits per heavy atom. The van der Waals surface area contributed by atoms with E-state index in [1.54, 1.807) is 54.6 Å². The van der Waals surface area contributed by atoms with Gasteiger partial charge in [0.05, 0.1) is 5.56 Å². The normalized spacial score (nSPS) is 10.8. The molecule has 6 nitrogen and oxygen atoms in total. The van der Waals surface area contributed by atoms with E-state index in [-0.39, 0.29) is 17.7 Å². The number of carboxylic acids is 1. The summed E-state index contributed by atoms with van der Waals surface area (Å²) in [6.45, 7) is 0.190. The topological polar surface area (TPSA) is 99.4 Å². The molecule has 3 rings (SSSR count). The molecule has 8 heteroatoms. The number of amides is 1. The molecule has 0 saturated carbocycles. The van der Waals surface area contributed by atoms with Crippen LogP contribution in [0.1, 0.15) is 21.5 Å². The van der Waals surface area contributed by atoms with Crippen molar-refractivity contribution in [2.75, 3.05) is 5.32 Å². The molecule has 0 bridgehead atoms. The van der Waals surface area contributed by atoms with E-state index in [0.29, 0.717) is 17.0 Å². The zero-order chi connectivity index (χ0) is 23.1. The SMILES string of the molecule is N#C/C(=C\c1cc(Br)ccc1OCc1ccc(C(=O)O)cc1)C(=O)Nc1ccc(Br)cc1. The van der Waals surface area contributed by atoms with E-state index in [1.165, 1.54) is 18.2 Å². The van der Waals surface area contributed by atoms with E-state index in [1.807, 2.05) is 6.07 Å². The number of ether oxygens (including phenoxy) is 1. The molecule has 0 aromatic heterocycles. The van der Waals surface area contributed by atoms with E-state index in [2.05, 4.69) is 37.2 Å². The Morgan fingerprint density at radius 2 is 1.66 bits per heavy atom. The number of carbonyl (C=O) groups is 2. The zero-order valence-electron chi connectivity index (χ0n) is 16.5. The summed E-state index contributed by atoms with van der Waals surface area (Å²) in [6.07, 6.45) is 1.46. The van der Waals surface area contributed by atoms with Gasteiger partial charge in [0, 0.05) is 20.2 Å². The Labute approximate surface area is 201 Å². The average molecular weight is 556 g/mol. The second kappa shape index (κ2) is 10.8. The minimum atomic E-state index is -0.997. The maximum absolute atomic E-state index is 12.6. The summed E-state index contributed by atoms with van der Waals surface area (Å²) in [7, 11) is 0. The van der Waals surface area contributed by atoms with Gasteiger partial charge < -0.3 is 15.2 Å². The highest BCUT2D eigenvalue weighted by atomic mass is 79.9. The fourth-order valence-electron chi connectivity index (χ4n) is 2.70. The Hall–Kier alpha value is -3.41. The first kappa shape index (κ1) is 23.3. The number of nitrogens with zero attached hydrogens (tertiary/aromatic N) is 1. The molecular weight excluding hydrogens is 540 g/mol. The number of aromatic carboxylic acids is 1. The van der Waals surface area contributed by atoms with Crippen molar-refractivity contribution in [1.29, 1.82) is 5.26 Å². The minimum Gasteiger partial charge on any atom is -0.488 e. The maximum Gasteiger partial charge on any atom is 0.335 e. The van der Waals surface area contributed by atoms with Crippen LogP contribution in [0.4, 0.5) is 5.69 Å². The number of rotatable bonds is 7. The lowest BCUT2D eigenvalue weighted by Crippen LogP contribution is -2.13. The molecule has 0 aliphatic rings. The van der Waals surface area contributed by atoms with Crippen LogP contribution < -0.4 is 10.1 Å². The van der Waals surface area contributed by atoms with Crippen molar-refractivity contribution in [3.8, 4) is 11.8 Å². The highest BCUT2D eigenvalue weighted by Gasteiger charge is 2.12. The number of carbonyl (C=O) groups excluding carboxylic acids is 1. The van der Waals surface area contributed by atoms with Gasteiger partial charge in [-0.25, -0.2) is 4.79 Å². The van der Waals surface area contributed by atoms with Gasteiger partial charge in [-0.3, -0.25) is 4.79 Å². The Kier molecular flexibility index (Phi) is 7.82. The monoisotopic (exact) mass is 554 g/mol. The van der Waals surface area contributed by atoms with Crippen LogP contribution in [0.3, 0.4) is 0 Å². The van der Waals surface area contributed by atoms with Crippen LogP contribution >= 0.6 is 31.9 Å². The van der Waals surface area contributed by atoms with Crippen molar-refractivity contribution in [3.05, 3.63) is 97.9 Å². The zero-order valence-corrected chi connectivity index (χ0v) is 19.7. The molecule has 32 heavy (non-hydrogen) atoms. The third kappa shape index (κ3) is 6.30. The molecule has 0 aliphatic heterocycles. The highest BCUT2D eigenvalue weighted by molar-refractivity contribution is 9.10. The largest absolute Gasteiger partial charge is 0.488 e. The summed E-state index contributed by atoms with van der Waals surface area (Å²) >= 11 is 6.73. The Morgan fingerprint density at radius 1 is 1.00 bits per heavy atom. The van der Waals surface area contributed by atoms with Gasteiger partial charge in [-0.15, -0.1) is 0 Å². The number of carboxylic acid groups (broad SMARTS) is 1. The molecular formula is C24H16Br2N2O4. The molecule has 0 aliphatic carbocycles. The van der Waals surface area contributed by atoms with Crippen molar-refractivity contribution in [1.82, 2.24) is 0 Å². The number of halogens is 2. The van der Waals surface area contributed by atoms with Crippen LogP contribution in [0.25, 0.3) is 6.08 Å². The van der Waals surface area contributed by atoms with Crippen molar-refractivity contribution in [2.24, 2.45) is 0 Å². The van der Waals surface area contributed by atoms with Crippen LogP contribution in [0.15, 0.2) is 81.2 Å². The van der Waals surface area contributed by atoms with Crippen molar-refractivity contribution in [3.63, 3.8) is 0 Å². The van der Waals surface area contributed by atoms with Crippen LogP contribution in [0.2, 0.25) is 0 Å². The Bertz CT molecular complexity index is 1210. The first-order valence-electron chi connectivity index (χ1n) is 9.29. The summed E-state index contributed by atoms with van der Waals surface area (Å²) < 4.78 is 7.51. The molecule has 0 radical (unpaired) electrons. The maximum atomic E-state index is 12.6. The van der Waals surface area contributed by atoms with E-state index in [0.717, 1.165) is 14.5 Å². The van der Waals surface area contributed by atoms with Crippen LogP contribution in [0.5, 0.6) is 5.75 Å². The molecule has 0 atom stereocenters. The highest BCUT2D eigenvalue weighted by Crippen LogP contribution is 2.27. The van der Waals surface area contributed by atoms with Gasteiger partial charge in [-0.2, -0.15) is 5.26 Å². The number of nitriles is 1. The van der Waals surface area contributed by atoms with Crippen LogP contribution in [0, 0.1) is 11.3 Å². The molecule has 0 spiro atoms. The molecule has 0 heterocycles. The molecule has 160 valence electrons. The van der Waals surface area contributed by atoms with Crippen molar-refractivity contribution >= 4 is 55.5 Å². The minimum absolute atomic E-state index is 0.0818. The predicted octanol–water partition coefficient (Wildman–Crippen LogP) is 6.03. The lowest BCUT2D eigenvalue weighted by atomic mass is 10.1. The predicted molar refractivity (Wildman–Crippen MR) is 128 cm³/mol. The average Bonchev–Trinajstić information content (AvgIpc) is 2.78. The number of hydrogen-bond donors (Lipinski definition) is 2. The lowest BCUT2D eigenvalue weighted by Gasteiger charge is -2.11. The standard InChI is InChI=1S/C24H16Br2N2O4/c25-19-5-8-21(9-6-19)28-23(29)18(13-27)11-17-12-20(26)7-10-22(17)32-14-15-1-3-16(4-2-15)24(30)31/h1-12H,14H2,(H,28,29)(H,30,31)/b18-11+. The molecule has 3 aromatic rings. The summed E-state index contributed by atoms with van der Waals surface area (Å²) in [6, 6.07) is 20.6. The summed E-state index contributed by atoms with van der Waals surface area (Å²) in [5, 5.41) is 21.2. The van der Waals surface area contributed by atoms with Crippen molar-refractivity contribution < 1.29 is 19.4 Å². The van der Waals surface area contributed by atoms with Gasteiger partial charge in [-0.05, 0) is 66.2 Å². The molecule has 0 fully saturated rings. The lowest BCUT2D eigenvalue weighted by molar-refractivity contribution is -0.112. The summed E-state index contributed by atoms with van der Waals surface area (Å²) in [4.78, 5) is 23.6. The Balaban J connectivity index is 1.79. The van der Waals surface area contributed by atoms with Crippen LogP contribution in [-0.4, -0.2) is 17.0 Å². The smallest absolute Gasteiger partial charge is 0.335 e. The quantitative estimate of drug-likeness (QED) is 0.274. The number of benzene rings is 3. The van der Waals surface area contributed by atoms with E-state index in [4.69, 9.17) is 9.84 Å². The molecule has 3 aromatic carbocycles. The molecule has 2 N–H and O–H groups in total. The van der Waals surface area contributed by atoms with Crippen LogP contribution in [-0.2, 0) is 11.4 Å². The number of hydrogen-bond acceptors (Lipinski definition) is 4. The van der Waals surface area contributed by atoms with E-state index >= 15 is 0 Å². The van der Waals surface area contributed by atoms with Gasteiger partial charge in [0.25, 0.3) is 5.91 Å². The van der Waals surface area contributed by atoms with Crippen molar-refractivity contribution in [2.45, 2.75) is 6.61 Å². The molecule has 1 amide bonds. The first-order valence-corrected chi connectivity index (χ1v) is 10.9. The second-order valence-corrected chi connectivity index (χ2v) is 8.44. The summed E-state index contributed by atoms with van der Waals surface area (Å²) in [5.41, 5.74) is 2.00. The van der Waals surface area contributed by atoms with Gasteiger partial charge in [0.1, 0.15) is 24.0 Å². The molecule has 0 unspecified atom stereocenters. The summed E-state index contributed by atoms with van der Waals surface area (Å²) in [5.74, 6) is -1.06. The second-order valence-electron chi connectivity index (χ2n) is 6.60. The van der Waals surface area contributed by atoms with E-state index < -0.39 is 11.9 Å². The molecule has 0 saturated heterocycles. The van der Waals surface area contributed by atoms with Gasteiger partial charge >= 0.3 is 5.97 Å². The first-order chi connectivity index (χ1) is 15.4. The third-order valence-electron chi connectivity index (χ3n) is 4.33. The van der Waals surface area contributed by atoms with Gasteiger partial charge in [-0.1, -0.05) is 44.0 Å². The van der Waals surface area contributed by atoms with Gasteiger partial charge in [0.2, 0.25) is 0 Å². The number of nitrogens with one attached hydrogen (secondary N) is 1. The van der Waals surface area contributed by atoms with E-state index in [9.17, 15) is 14.9 Å². The fourth-order valence-corrected chi connectivity index (χ4v) is 3.35.